The number of aliphatic hydroxyl groups excluding tert-OH is 5. The average molecular weight is 518 g/mol. The molecule has 204 valence electrons. The third kappa shape index (κ3) is 7.73. The van der Waals surface area contributed by atoms with Crippen molar-refractivity contribution in [1.29, 1.82) is 0 Å². The Morgan fingerprint density at radius 1 is 1.03 bits per heavy atom. The first-order chi connectivity index (χ1) is 17.7. The van der Waals surface area contributed by atoms with E-state index in [-0.39, 0.29) is 24.7 Å². The lowest BCUT2D eigenvalue weighted by Gasteiger charge is -2.33. The summed E-state index contributed by atoms with van der Waals surface area (Å²) in [6, 6.07) is 11.7. The Balaban J connectivity index is 1.59. The first-order valence-electron chi connectivity index (χ1n) is 12.7. The highest BCUT2D eigenvalue weighted by atomic mass is 16.5. The number of benzene rings is 2. The number of aryl methyl sites for hydroxylation is 2. The molecule has 9 heteroatoms. The number of amides is 1. The van der Waals surface area contributed by atoms with Gasteiger partial charge < -0.3 is 40.7 Å². The zero-order valence-corrected chi connectivity index (χ0v) is 21.3. The number of carbonyl (C=O) groups excluding carboxylic acids is 1. The molecule has 37 heavy (non-hydrogen) atoms. The van der Waals surface area contributed by atoms with E-state index >= 15 is 0 Å². The maximum absolute atomic E-state index is 12.1. The lowest BCUT2D eigenvalue weighted by atomic mass is 9.91. The molecule has 9 nitrogen and oxygen atoms in total. The second-order valence-corrected chi connectivity index (χ2v) is 10.0. The number of aromatic hydroxyl groups is 1. The number of phenols is 1. The van der Waals surface area contributed by atoms with Gasteiger partial charge in [-0.15, -0.1) is 0 Å². The summed E-state index contributed by atoms with van der Waals surface area (Å²) in [5.41, 5.74) is 3.32. The van der Waals surface area contributed by atoms with Crippen LogP contribution in [0.25, 0.3) is 0 Å². The number of hydrogen-bond acceptors (Lipinski definition) is 8. The Labute approximate surface area is 217 Å². The summed E-state index contributed by atoms with van der Waals surface area (Å²) in [5, 5.41) is 60.7. The Bertz CT molecular complexity index is 1010. The summed E-state index contributed by atoms with van der Waals surface area (Å²) in [4.78, 5) is 12.1. The zero-order valence-electron chi connectivity index (χ0n) is 21.3. The molecule has 1 aliphatic heterocycles. The summed E-state index contributed by atoms with van der Waals surface area (Å²) in [5.74, 6) is -0.224. The fourth-order valence-corrected chi connectivity index (χ4v) is 4.64. The van der Waals surface area contributed by atoms with E-state index in [2.05, 4.69) is 5.32 Å². The largest absolute Gasteiger partial charge is 0.508 e. The molecule has 0 aliphatic carbocycles. The molecule has 0 radical (unpaired) electrons. The standard InChI is InChI=1S/C28H39NO8/c1-18-9-25(35)24(26-13-22(34)12-23(14-30)37-26)11-21(18)10-20-7-5-19(6-8-20)3-2-4-27(36)29-28(15-31,16-32)17-33/h5-9,11,22-23,26,30-35H,2-4,10,12-17H2,1H3,(H,29,36). The third-order valence-corrected chi connectivity index (χ3v) is 7.01. The van der Waals surface area contributed by atoms with Crippen LogP contribution in [0.4, 0.5) is 0 Å². The summed E-state index contributed by atoms with van der Waals surface area (Å²) in [7, 11) is 0. The van der Waals surface area contributed by atoms with Gasteiger partial charge in [0.05, 0.1) is 44.7 Å². The van der Waals surface area contributed by atoms with Crippen LogP contribution in [0.1, 0.15) is 59.6 Å². The molecule has 3 rings (SSSR count). The number of ether oxygens (including phenoxy) is 1. The van der Waals surface area contributed by atoms with Crippen molar-refractivity contribution < 1.29 is 40.2 Å². The highest BCUT2D eigenvalue weighted by Crippen LogP contribution is 2.37. The molecule has 1 saturated heterocycles. The van der Waals surface area contributed by atoms with Gasteiger partial charge in [0.1, 0.15) is 11.3 Å². The minimum atomic E-state index is -1.41. The van der Waals surface area contributed by atoms with Gasteiger partial charge in [-0.3, -0.25) is 4.79 Å². The van der Waals surface area contributed by atoms with Crippen LogP contribution >= 0.6 is 0 Å². The van der Waals surface area contributed by atoms with Crippen molar-refractivity contribution in [3.8, 4) is 5.75 Å². The van der Waals surface area contributed by atoms with Gasteiger partial charge in [-0.1, -0.05) is 24.3 Å². The van der Waals surface area contributed by atoms with Gasteiger partial charge >= 0.3 is 0 Å². The van der Waals surface area contributed by atoms with Gasteiger partial charge in [0, 0.05) is 24.8 Å². The predicted molar refractivity (Wildman–Crippen MR) is 137 cm³/mol. The molecule has 7 N–H and O–H groups in total. The van der Waals surface area contributed by atoms with Crippen LogP contribution in [0, 0.1) is 6.92 Å². The second-order valence-electron chi connectivity index (χ2n) is 10.0. The monoisotopic (exact) mass is 517 g/mol. The molecular formula is C28H39NO8. The number of carbonyl (C=O) groups is 1. The van der Waals surface area contributed by atoms with Crippen LogP contribution in [-0.2, 0) is 22.4 Å². The van der Waals surface area contributed by atoms with E-state index in [1.54, 1.807) is 6.07 Å². The maximum Gasteiger partial charge on any atom is 0.220 e. The topological polar surface area (TPSA) is 160 Å². The molecular weight excluding hydrogens is 478 g/mol. The molecule has 1 heterocycles. The fourth-order valence-electron chi connectivity index (χ4n) is 4.64. The number of phenolic OH excluding ortho intramolecular Hbond substituents is 1. The van der Waals surface area contributed by atoms with E-state index in [4.69, 9.17) is 4.74 Å². The van der Waals surface area contributed by atoms with Crippen molar-refractivity contribution in [2.45, 2.75) is 69.3 Å². The SMILES string of the molecule is Cc1cc(O)c(C2CC(O)CC(CO)O2)cc1Cc1ccc(CCCC(=O)NC(CO)(CO)CO)cc1. The third-order valence-electron chi connectivity index (χ3n) is 7.01. The first kappa shape index (κ1) is 29.0. The molecule has 3 atom stereocenters. The molecule has 0 aromatic heterocycles. The lowest BCUT2D eigenvalue weighted by molar-refractivity contribution is -0.125. The van der Waals surface area contributed by atoms with Crippen LogP contribution in [0.15, 0.2) is 36.4 Å². The minimum Gasteiger partial charge on any atom is -0.508 e. The Kier molecular flexibility index (Phi) is 10.5. The van der Waals surface area contributed by atoms with E-state index in [0.717, 1.165) is 22.3 Å². The van der Waals surface area contributed by atoms with Crippen LogP contribution in [-0.4, -0.2) is 80.7 Å². The Morgan fingerprint density at radius 3 is 2.30 bits per heavy atom. The van der Waals surface area contributed by atoms with E-state index in [1.165, 1.54) is 0 Å². The van der Waals surface area contributed by atoms with Crippen molar-refractivity contribution in [2.24, 2.45) is 0 Å². The van der Waals surface area contributed by atoms with Crippen LogP contribution < -0.4 is 5.32 Å². The van der Waals surface area contributed by atoms with Crippen molar-refractivity contribution >= 4 is 5.91 Å². The van der Waals surface area contributed by atoms with Gasteiger partial charge in [-0.25, -0.2) is 0 Å². The molecule has 2 aromatic rings. The van der Waals surface area contributed by atoms with Crippen molar-refractivity contribution in [3.05, 3.63) is 64.2 Å². The van der Waals surface area contributed by atoms with E-state index in [9.17, 15) is 35.4 Å². The maximum atomic E-state index is 12.1. The van der Waals surface area contributed by atoms with Gasteiger partial charge in [0.2, 0.25) is 5.91 Å². The summed E-state index contributed by atoms with van der Waals surface area (Å²) in [6.45, 7) is 0.110. The van der Waals surface area contributed by atoms with Gasteiger partial charge in [0.15, 0.2) is 0 Å². The molecule has 1 aliphatic rings. The number of rotatable bonds is 12. The van der Waals surface area contributed by atoms with Gasteiger partial charge in [-0.2, -0.15) is 0 Å². The van der Waals surface area contributed by atoms with E-state index in [1.807, 2.05) is 37.3 Å². The summed E-state index contributed by atoms with van der Waals surface area (Å²) >= 11 is 0. The van der Waals surface area contributed by atoms with Crippen LogP contribution in [0.2, 0.25) is 0 Å². The molecule has 1 amide bonds. The van der Waals surface area contributed by atoms with E-state index < -0.39 is 43.7 Å². The number of aliphatic hydroxyl groups is 5. The van der Waals surface area contributed by atoms with Crippen LogP contribution in [0.3, 0.4) is 0 Å². The summed E-state index contributed by atoms with van der Waals surface area (Å²) in [6.07, 6.45) is 1.29. The number of nitrogens with one attached hydrogen (secondary N) is 1. The fraction of sp³-hybridized carbons (Fsp3) is 0.536. The van der Waals surface area contributed by atoms with Crippen molar-refractivity contribution in [2.75, 3.05) is 26.4 Å². The molecule has 0 bridgehead atoms. The summed E-state index contributed by atoms with van der Waals surface area (Å²) < 4.78 is 5.90. The molecule has 0 spiro atoms. The minimum absolute atomic E-state index is 0.116. The molecule has 1 fully saturated rings. The normalized spacial score (nSPS) is 20.1. The predicted octanol–water partition coefficient (Wildman–Crippen LogP) is 1.02. The molecule has 2 aromatic carbocycles. The average Bonchev–Trinajstić information content (AvgIpc) is 2.89. The Morgan fingerprint density at radius 2 is 1.68 bits per heavy atom. The molecule has 3 unspecified atom stereocenters. The van der Waals surface area contributed by atoms with Gasteiger partial charge in [0.25, 0.3) is 0 Å². The number of hydrogen-bond donors (Lipinski definition) is 7. The second kappa shape index (κ2) is 13.3. The van der Waals surface area contributed by atoms with E-state index in [0.29, 0.717) is 37.7 Å². The van der Waals surface area contributed by atoms with Crippen molar-refractivity contribution in [1.82, 2.24) is 5.32 Å². The molecule has 0 saturated carbocycles. The van der Waals surface area contributed by atoms with Gasteiger partial charge in [-0.05, 0) is 60.6 Å². The smallest absolute Gasteiger partial charge is 0.220 e. The lowest BCUT2D eigenvalue weighted by Crippen LogP contribution is -2.57. The zero-order chi connectivity index (χ0) is 27.0. The highest BCUT2D eigenvalue weighted by molar-refractivity contribution is 5.76. The van der Waals surface area contributed by atoms with Crippen LogP contribution in [0.5, 0.6) is 5.75 Å². The highest BCUT2D eigenvalue weighted by Gasteiger charge is 2.31. The van der Waals surface area contributed by atoms with Crippen molar-refractivity contribution in [3.63, 3.8) is 0 Å². The Hall–Kier alpha value is -2.53. The first-order valence-corrected chi connectivity index (χ1v) is 12.7. The quantitative estimate of drug-likeness (QED) is 0.220.